The predicted molar refractivity (Wildman–Crippen MR) is 93.0 cm³/mol. The molecule has 4 unspecified atom stereocenters. The van der Waals surface area contributed by atoms with Gasteiger partial charge < -0.3 is 9.52 Å². The van der Waals surface area contributed by atoms with Gasteiger partial charge >= 0.3 is 0 Å². The summed E-state index contributed by atoms with van der Waals surface area (Å²) in [7, 11) is 0. The number of rotatable bonds is 4. The molecule has 23 heavy (non-hydrogen) atoms. The monoisotopic (exact) mass is 312 g/mol. The van der Waals surface area contributed by atoms with Gasteiger partial charge in [-0.2, -0.15) is 0 Å². The van der Waals surface area contributed by atoms with Crippen molar-refractivity contribution >= 4 is 0 Å². The molecule has 1 fully saturated rings. The Hall–Kier alpha value is -1.54. The quantitative estimate of drug-likeness (QED) is 0.859. The average Bonchev–Trinajstić information content (AvgIpc) is 3.02. The molecule has 2 heteroatoms. The molecule has 0 radical (unpaired) electrons. The SMILES string of the molecule is CC1CC(Cc2ccccc2)C(C(C)C)C(O)(c2ccoc2)C1. The third kappa shape index (κ3) is 3.23. The van der Waals surface area contributed by atoms with Crippen LogP contribution in [0.4, 0.5) is 0 Å². The second kappa shape index (κ2) is 6.52. The van der Waals surface area contributed by atoms with E-state index in [1.54, 1.807) is 12.5 Å². The molecule has 0 saturated heterocycles. The van der Waals surface area contributed by atoms with E-state index in [0.29, 0.717) is 17.8 Å². The Morgan fingerprint density at radius 1 is 1.22 bits per heavy atom. The van der Waals surface area contributed by atoms with E-state index in [1.807, 2.05) is 6.07 Å². The standard InChI is InChI=1S/C21H28O2/c1-15(2)20-18(12-17-7-5-4-6-8-17)11-16(3)13-21(20,22)19-9-10-23-14-19/h4-10,14-16,18,20,22H,11-13H2,1-3H3. The highest BCUT2D eigenvalue weighted by molar-refractivity contribution is 5.22. The summed E-state index contributed by atoms with van der Waals surface area (Å²) in [5.41, 5.74) is 1.53. The van der Waals surface area contributed by atoms with Gasteiger partial charge in [-0.1, -0.05) is 51.1 Å². The minimum Gasteiger partial charge on any atom is -0.472 e. The van der Waals surface area contributed by atoms with Gasteiger partial charge in [0.25, 0.3) is 0 Å². The van der Waals surface area contributed by atoms with Crippen molar-refractivity contribution in [2.45, 2.75) is 45.6 Å². The molecule has 4 atom stereocenters. The Bertz CT molecular complexity index is 602. The van der Waals surface area contributed by atoms with Crippen LogP contribution >= 0.6 is 0 Å². The van der Waals surface area contributed by atoms with Gasteiger partial charge in [-0.15, -0.1) is 0 Å². The van der Waals surface area contributed by atoms with Gasteiger partial charge in [-0.05, 0) is 54.6 Å². The Kier molecular flexibility index (Phi) is 4.63. The molecular weight excluding hydrogens is 284 g/mol. The molecule has 0 amide bonds. The summed E-state index contributed by atoms with van der Waals surface area (Å²) in [6.45, 7) is 6.74. The van der Waals surface area contributed by atoms with Crippen molar-refractivity contribution in [3.05, 3.63) is 60.1 Å². The van der Waals surface area contributed by atoms with E-state index in [-0.39, 0.29) is 5.92 Å². The topological polar surface area (TPSA) is 33.4 Å². The number of benzene rings is 1. The van der Waals surface area contributed by atoms with E-state index in [4.69, 9.17) is 4.42 Å². The zero-order chi connectivity index (χ0) is 16.4. The highest BCUT2D eigenvalue weighted by atomic mass is 16.3. The van der Waals surface area contributed by atoms with Crippen molar-refractivity contribution in [2.24, 2.45) is 23.7 Å². The number of aliphatic hydroxyl groups is 1. The molecule has 124 valence electrons. The molecular formula is C21H28O2. The largest absolute Gasteiger partial charge is 0.472 e. The molecule has 1 N–H and O–H groups in total. The van der Waals surface area contributed by atoms with Crippen LogP contribution in [0.5, 0.6) is 0 Å². The minimum atomic E-state index is -0.779. The molecule has 0 spiro atoms. The third-order valence-electron chi connectivity index (χ3n) is 5.50. The maximum absolute atomic E-state index is 11.6. The third-order valence-corrected chi connectivity index (χ3v) is 5.50. The Morgan fingerprint density at radius 2 is 1.96 bits per heavy atom. The van der Waals surface area contributed by atoms with Gasteiger partial charge in [0.15, 0.2) is 0 Å². The van der Waals surface area contributed by atoms with E-state index >= 15 is 0 Å². The first kappa shape index (κ1) is 16.3. The summed E-state index contributed by atoms with van der Waals surface area (Å²) in [5, 5.41) is 11.6. The van der Waals surface area contributed by atoms with Crippen molar-refractivity contribution in [1.29, 1.82) is 0 Å². The van der Waals surface area contributed by atoms with Crippen LogP contribution in [-0.2, 0) is 12.0 Å². The fourth-order valence-corrected chi connectivity index (χ4v) is 4.85. The van der Waals surface area contributed by atoms with Gasteiger partial charge in [-0.25, -0.2) is 0 Å². The first-order chi connectivity index (χ1) is 11.0. The zero-order valence-corrected chi connectivity index (χ0v) is 14.4. The second-order valence-corrected chi connectivity index (χ2v) is 7.70. The number of furan rings is 1. The van der Waals surface area contributed by atoms with Crippen LogP contribution in [0.3, 0.4) is 0 Å². The zero-order valence-electron chi connectivity index (χ0n) is 14.4. The lowest BCUT2D eigenvalue weighted by Gasteiger charge is -2.49. The summed E-state index contributed by atoms with van der Waals surface area (Å²) in [4.78, 5) is 0. The smallest absolute Gasteiger partial charge is 0.0963 e. The van der Waals surface area contributed by atoms with Crippen LogP contribution < -0.4 is 0 Å². The normalized spacial score (nSPS) is 31.4. The Labute approximate surface area is 139 Å². The summed E-state index contributed by atoms with van der Waals surface area (Å²) < 4.78 is 5.29. The highest BCUT2D eigenvalue weighted by Crippen LogP contribution is 2.51. The fraction of sp³-hybridized carbons (Fsp3) is 0.524. The summed E-state index contributed by atoms with van der Waals surface area (Å²) in [6, 6.07) is 12.6. The Balaban J connectivity index is 1.94. The van der Waals surface area contributed by atoms with E-state index in [1.165, 1.54) is 12.0 Å². The van der Waals surface area contributed by atoms with Crippen molar-refractivity contribution in [1.82, 2.24) is 0 Å². The molecule has 0 bridgehead atoms. The molecule has 1 aliphatic carbocycles. The van der Waals surface area contributed by atoms with Crippen LogP contribution in [0.15, 0.2) is 53.3 Å². The van der Waals surface area contributed by atoms with Gasteiger partial charge in [0.1, 0.15) is 0 Å². The predicted octanol–water partition coefficient (Wildman–Crippen LogP) is 5.03. The van der Waals surface area contributed by atoms with Crippen molar-refractivity contribution in [3.8, 4) is 0 Å². The summed E-state index contributed by atoms with van der Waals surface area (Å²) in [6.07, 6.45) is 6.44. The summed E-state index contributed by atoms with van der Waals surface area (Å²) in [5.74, 6) is 1.67. The lowest BCUT2D eigenvalue weighted by Crippen LogP contribution is -2.48. The Morgan fingerprint density at radius 3 is 2.57 bits per heavy atom. The first-order valence-electron chi connectivity index (χ1n) is 8.79. The van der Waals surface area contributed by atoms with E-state index < -0.39 is 5.60 Å². The number of hydrogen-bond donors (Lipinski definition) is 1. The van der Waals surface area contributed by atoms with Gasteiger partial charge in [0.05, 0.1) is 18.1 Å². The van der Waals surface area contributed by atoms with Gasteiger partial charge in [-0.3, -0.25) is 0 Å². The maximum Gasteiger partial charge on any atom is 0.0963 e. The van der Waals surface area contributed by atoms with Gasteiger partial charge in [0, 0.05) is 5.56 Å². The van der Waals surface area contributed by atoms with Crippen molar-refractivity contribution < 1.29 is 9.52 Å². The maximum atomic E-state index is 11.6. The van der Waals surface area contributed by atoms with E-state index in [2.05, 4.69) is 51.1 Å². The molecule has 1 aromatic heterocycles. The lowest BCUT2D eigenvalue weighted by atomic mass is 9.58. The number of hydrogen-bond acceptors (Lipinski definition) is 2. The molecule has 0 aliphatic heterocycles. The summed E-state index contributed by atoms with van der Waals surface area (Å²) >= 11 is 0. The highest BCUT2D eigenvalue weighted by Gasteiger charge is 2.49. The van der Waals surface area contributed by atoms with E-state index in [9.17, 15) is 5.11 Å². The van der Waals surface area contributed by atoms with Crippen molar-refractivity contribution in [3.63, 3.8) is 0 Å². The van der Waals surface area contributed by atoms with Crippen LogP contribution in [0, 0.1) is 23.7 Å². The first-order valence-corrected chi connectivity index (χ1v) is 8.79. The molecule has 2 nitrogen and oxygen atoms in total. The molecule has 3 rings (SSSR count). The van der Waals surface area contributed by atoms with Crippen LogP contribution in [-0.4, -0.2) is 5.11 Å². The van der Waals surface area contributed by atoms with Gasteiger partial charge in [0.2, 0.25) is 0 Å². The molecule has 1 saturated carbocycles. The van der Waals surface area contributed by atoms with E-state index in [0.717, 1.165) is 18.4 Å². The van der Waals surface area contributed by atoms with Crippen LogP contribution in [0.25, 0.3) is 0 Å². The molecule has 2 aromatic rings. The average molecular weight is 312 g/mol. The minimum absolute atomic E-state index is 0.247. The van der Waals surface area contributed by atoms with Crippen LogP contribution in [0.2, 0.25) is 0 Å². The molecule has 1 heterocycles. The molecule has 1 aromatic carbocycles. The second-order valence-electron chi connectivity index (χ2n) is 7.70. The molecule has 1 aliphatic rings. The van der Waals surface area contributed by atoms with Crippen molar-refractivity contribution in [2.75, 3.05) is 0 Å². The lowest BCUT2D eigenvalue weighted by molar-refractivity contribution is -0.114. The fourth-order valence-electron chi connectivity index (χ4n) is 4.85. The van der Waals surface area contributed by atoms with Crippen LogP contribution in [0.1, 0.15) is 44.7 Å².